The lowest BCUT2D eigenvalue weighted by Gasteiger charge is -2.46. The van der Waals surface area contributed by atoms with E-state index in [9.17, 15) is 4.79 Å². The van der Waals surface area contributed by atoms with Crippen molar-refractivity contribution < 1.29 is 20.1 Å². The van der Waals surface area contributed by atoms with Gasteiger partial charge in [-0.2, -0.15) is 0 Å². The van der Waals surface area contributed by atoms with Crippen LogP contribution in [0.3, 0.4) is 0 Å². The molecule has 76 valence electrons. The summed E-state index contributed by atoms with van der Waals surface area (Å²) in [5.41, 5.74) is -0.550. The van der Waals surface area contributed by atoms with Gasteiger partial charge in [-0.1, -0.05) is 6.92 Å². The molecular weight excluding hydrogens is 174 g/mol. The summed E-state index contributed by atoms with van der Waals surface area (Å²) in [6, 6.07) is 0. The first-order valence-corrected chi connectivity index (χ1v) is 4.23. The summed E-state index contributed by atoms with van der Waals surface area (Å²) in [5, 5.41) is 26.6. The maximum atomic E-state index is 10.4. The van der Waals surface area contributed by atoms with E-state index in [1.165, 1.54) is 4.90 Å². The third-order valence-corrected chi connectivity index (χ3v) is 2.86. The van der Waals surface area contributed by atoms with E-state index >= 15 is 0 Å². The third kappa shape index (κ3) is 1.76. The Labute approximate surface area is 76.6 Å². The number of amides is 1. The number of aliphatic hydroxyl groups excluding tert-OH is 2. The normalized spacial score (nSPS) is 18.5. The predicted octanol–water partition coefficient (Wildman–Crippen LogP) is -0.413. The van der Waals surface area contributed by atoms with Crippen LogP contribution in [0.5, 0.6) is 0 Å². The third-order valence-electron chi connectivity index (χ3n) is 2.86. The minimum atomic E-state index is -0.936. The van der Waals surface area contributed by atoms with Gasteiger partial charge in [-0.3, -0.25) is 0 Å². The fraction of sp³-hybridized carbons (Fsp3) is 0.875. The van der Waals surface area contributed by atoms with Crippen molar-refractivity contribution in [2.45, 2.75) is 6.92 Å². The van der Waals surface area contributed by atoms with Crippen molar-refractivity contribution >= 4 is 6.09 Å². The molecule has 1 fully saturated rings. The van der Waals surface area contributed by atoms with Gasteiger partial charge in [0.1, 0.15) is 0 Å². The summed E-state index contributed by atoms with van der Waals surface area (Å²) >= 11 is 0. The first-order chi connectivity index (χ1) is 6.03. The standard InChI is InChI=1S/C8H15NO4/c1-8(4-10,5-11)6-2-9(3-6)7(12)13/h6,10-11H,2-5H2,1H3,(H,12,13). The lowest BCUT2D eigenvalue weighted by Crippen LogP contribution is -2.57. The molecular formula is C8H15NO4. The number of hydrogen-bond acceptors (Lipinski definition) is 3. The van der Waals surface area contributed by atoms with Crippen molar-refractivity contribution in [1.29, 1.82) is 0 Å². The largest absolute Gasteiger partial charge is 0.465 e. The molecule has 3 N–H and O–H groups in total. The second kappa shape index (κ2) is 3.51. The van der Waals surface area contributed by atoms with E-state index in [2.05, 4.69) is 0 Å². The van der Waals surface area contributed by atoms with Crippen molar-refractivity contribution in [1.82, 2.24) is 4.90 Å². The maximum Gasteiger partial charge on any atom is 0.407 e. The quantitative estimate of drug-likeness (QED) is 0.563. The topological polar surface area (TPSA) is 81.0 Å². The van der Waals surface area contributed by atoms with E-state index in [4.69, 9.17) is 15.3 Å². The Morgan fingerprint density at radius 2 is 1.92 bits per heavy atom. The molecule has 0 spiro atoms. The van der Waals surface area contributed by atoms with Crippen LogP contribution in [0, 0.1) is 11.3 Å². The minimum Gasteiger partial charge on any atom is -0.465 e. The van der Waals surface area contributed by atoms with Gasteiger partial charge >= 0.3 is 6.09 Å². The summed E-state index contributed by atoms with van der Waals surface area (Å²) < 4.78 is 0. The second-order valence-electron chi connectivity index (χ2n) is 3.85. The molecule has 0 unspecified atom stereocenters. The lowest BCUT2D eigenvalue weighted by atomic mass is 9.74. The van der Waals surface area contributed by atoms with Gasteiger partial charge in [-0.15, -0.1) is 0 Å². The second-order valence-corrected chi connectivity index (χ2v) is 3.85. The molecule has 5 nitrogen and oxygen atoms in total. The maximum absolute atomic E-state index is 10.4. The van der Waals surface area contributed by atoms with E-state index in [0.29, 0.717) is 13.1 Å². The first kappa shape index (κ1) is 10.3. The Balaban J connectivity index is 2.45. The van der Waals surface area contributed by atoms with E-state index in [1.807, 2.05) is 0 Å². The van der Waals surface area contributed by atoms with Crippen LogP contribution in [-0.4, -0.2) is 52.6 Å². The Kier molecular flexibility index (Phi) is 2.77. The summed E-state index contributed by atoms with van der Waals surface area (Å²) in [7, 11) is 0. The van der Waals surface area contributed by atoms with Gasteiger partial charge in [-0.05, 0) is 0 Å². The zero-order chi connectivity index (χ0) is 10.1. The molecule has 0 saturated carbocycles. The summed E-state index contributed by atoms with van der Waals surface area (Å²) in [5.74, 6) is 0.0681. The highest BCUT2D eigenvalue weighted by atomic mass is 16.4. The molecule has 0 aromatic carbocycles. The van der Waals surface area contributed by atoms with E-state index in [1.54, 1.807) is 6.92 Å². The average molecular weight is 189 g/mol. The van der Waals surface area contributed by atoms with Crippen LogP contribution in [0.25, 0.3) is 0 Å². The highest BCUT2D eigenvalue weighted by Crippen LogP contribution is 2.33. The molecule has 1 rings (SSSR count). The summed E-state index contributed by atoms with van der Waals surface area (Å²) in [6.45, 7) is 2.36. The first-order valence-electron chi connectivity index (χ1n) is 4.23. The summed E-state index contributed by atoms with van der Waals surface area (Å²) in [6.07, 6.45) is -0.936. The van der Waals surface area contributed by atoms with Crippen LogP contribution in [0.1, 0.15) is 6.92 Å². The predicted molar refractivity (Wildman–Crippen MR) is 45.4 cm³/mol. The lowest BCUT2D eigenvalue weighted by molar-refractivity contribution is -0.0466. The van der Waals surface area contributed by atoms with Crippen molar-refractivity contribution in [2.75, 3.05) is 26.3 Å². The number of aliphatic hydroxyl groups is 2. The summed E-state index contributed by atoms with van der Waals surface area (Å²) in [4.78, 5) is 11.7. The Morgan fingerprint density at radius 3 is 2.23 bits per heavy atom. The Hall–Kier alpha value is -0.810. The molecule has 5 heteroatoms. The number of rotatable bonds is 3. The zero-order valence-electron chi connectivity index (χ0n) is 7.60. The molecule has 1 saturated heterocycles. The smallest absolute Gasteiger partial charge is 0.407 e. The number of hydrogen-bond donors (Lipinski definition) is 3. The van der Waals surface area contributed by atoms with Gasteiger partial charge < -0.3 is 20.2 Å². The Morgan fingerprint density at radius 1 is 1.46 bits per heavy atom. The molecule has 0 bridgehead atoms. The fourth-order valence-electron chi connectivity index (χ4n) is 1.38. The molecule has 1 aliphatic heterocycles. The monoisotopic (exact) mass is 189 g/mol. The van der Waals surface area contributed by atoms with Crippen LogP contribution in [-0.2, 0) is 0 Å². The van der Waals surface area contributed by atoms with Crippen molar-refractivity contribution in [3.05, 3.63) is 0 Å². The molecule has 1 aliphatic rings. The van der Waals surface area contributed by atoms with E-state index in [0.717, 1.165) is 0 Å². The molecule has 1 heterocycles. The fourth-order valence-corrected chi connectivity index (χ4v) is 1.38. The molecule has 13 heavy (non-hydrogen) atoms. The van der Waals surface area contributed by atoms with E-state index < -0.39 is 11.5 Å². The van der Waals surface area contributed by atoms with Crippen molar-refractivity contribution in [2.24, 2.45) is 11.3 Å². The van der Waals surface area contributed by atoms with Gasteiger partial charge in [0.2, 0.25) is 0 Å². The van der Waals surface area contributed by atoms with Gasteiger partial charge in [0.15, 0.2) is 0 Å². The zero-order valence-corrected chi connectivity index (χ0v) is 7.60. The number of carbonyl (C=O) groups is 1. The average Bonchev–Trinajstić information content (AvgIpc) is 2.00. The van der Waals surface area contributed by atoms with Crippen LogP contribution in [0.4, 0.5) is 4.79 Å². The van der Waals surface area contributed by atoms with E-state index in [-0.39, 0.29) is 19.1 Å². The number of carboxylic acid groups (broad SMARTS) is 1. The van der Waals surface area contributed by atoms with Crippen LogP contribution < -0.4 is 0 Å². The van der Waals surface area contributed by atoms with Crippen LogP contribution in [0.2, 0.25) is 0 Å². The van der Waals surface area contributed by atoms with Gasteiger partial charge in [0.25, 0.3) is 0 Å². The molecule has 0 aromatic rings. The SMILES string of the molecule is CC(CO)(CO)C1CN(C(=O)O)C1. The highest BCUT2D eigenvalue weighted by molar-refractivity contribution is 5.66. The molecule has 1 amide bonds. The van der Waals surface area contributed by atoms with Gasteiger partial charge in [0.05, 0.1) is 13.2 Å². The van der Waals surface area contributed by atoms with Crippen LogP contribution >= 0.6 is 0 Å². The molecule has 0 aliphatic carbocycles. The Bertz CT molecular complexity index is 196. The highest BCUT2D eigenvalue weighted by Gasteiger charge is 2.43. The van der Waals surface area contributed by atoms with Crippen LogP contribution in [0.15, 0.2) is 0 Å². The molecule has 0 aromatic heterocycles. The van der Waals surface area contributed by atoms with Gasteiger partial charge in [0, 0.05) is 24.4 Å². The van der Waals surface area contributed by atoms with Crippen molar-refractivity contribution in [3.63, 3.8) is 0 Å². The minimum absolute atomic E-state index is 0.0681. The molecule has 0 radical (unpaired) electrons. The number of likely N-dealkylation sites (tertiary alicyclic amines) is 1. The van der Waals surface area contributed by atoms with Crippen molar-refractivity contribution in [3.8, 4) is 0 Å². The van der Waals surface area contributed by atoms with Gasteiger partial charge in [-0.25, -0.2) is 4.79 Å². The molecule has 0 atom stereocenters. The number of nitrogens with zero attached hydrogens (tertiary/aromatic N) is 1.